The lowest BCUT2D eigenvalue weighted by Gasteiger charge is -2.26. The van der Waals surface area contributed by atoms with Crippen LogP contribution in [0.25, 0.3) is 22.4 Å². The van der Waals surface area contributed by atoms with Gasteiger partial charge in [0.2, 0.25) is 5.95 Å². The van der Waals surface area contributed by atoms with Crippen LogP contribution in [0.5, 0.6) is 5.75 Å². The fraction of sp³-hybridized carbons (Fsp3) is 0.400. The highest BCUT2D eigenvalue weighted by atomic mass is 19.1. The highest BCUT2D eigenvalue weighted by Crippen LogP contribution is 2.32. The average Bonchev–Trinajstić information content (AvgIpc) is 3.31. The SMILES string of the molecule is CC(C)(C)NC1CN(c2ncc(-c3ccc(-c4cn[nH]c4)cc3O)nn2)CC1F. The summed E-state index contributed by atoms with van der Waals surface area (Å²) in [6, 6.07) is 5.00. The van der Waals surface area contributed by atoms with Crippen LogP contribution >= 0.6 is 0 Å². The van der Waals surface area contributed by atoms with Gasteiger partial charge in [-0.15, -0.1) is 10.2 Å². The number of phenols is 1. The zero-order valence-corrected chi connectivity index (χ0v) is 16.6. The van der Waals surface area contributed by atoms with Gasteiger partial charge in [-0.2, -0.15) is 5.10 Å². The van der Waals surface area contributed by atoms with E-state index in [2.05, 4.69) is 30.7 Å². The second-order valence-electron chi connectivity index (χ2n) is 8.28. The molecule has 0 bridgehead atoms. The standard InChI is InChI=1S/C20H24FN7O/c1-20(2,3)25-17-11-28(10-15(17)21)19-22-9-16(26-27-19)14-5-4-12(6-18(14)29)13-7-23-24-8-13/h4-9,15,17,25,29H,10-11H2,1-3H3,(H,23,24). The molecule has 2 atom stereocenters. The third-order valence-corrected chi connectivity index (χ3v) is 4.80. The number of hydrogen-bond acceptors (Lipinski definition) is 7. The minimum atomic E-state index is -1.00. The van der Waals surface area contributed by atoms with E-state index in [1.807, 2.05) is 26.8 Å². The van der Waals surface area contributed by atoms with Gasteiger partial charge < -0.3 is 15.3 Å². The van der Waals surface area contributed by atoms with Crippen LogP contribution in [0.3, 0.4) is 0 Å². The number of halogens is 1. The van der Waals surface area contributed by atoms with Crippen LogP contribution in [-0.4, -0.2) is 61.3 Å². The number of aromatic hydroxyl groups is 1. The van der Waals surface area contributed by atoms with Crippen LogP contribution < -0.4 is 10.2 Å². The molecule has 2 aromatic heterocycles. The van der Waals surface area contributed by atoms with Crippen molar-refractivity contribution in [2.45, 2.75) is 38.5 Å². The van der Waals surface area contributed by atoms with E-state index in [0.29, 0.717) is 23.8 Å². The first-order valence-electron chi connectivity index (χ1n) is 9.49. The Morgan fingerprint density at radius 3 is 2.62 bits per heavy atom. The fourth-order valence-electron chi connectivity index (χ4n) is 3.49. The Balaban J connectivity index is 1.50. The van der Waals surface area contributed by atoms with E-state index in [4.69, 9.17) is 0 Å². The van der Waals surface area contributed by atoms with E-state index in [0.717, 1.165) is 11.1 Å². The number of aromatic nitrogens is 5. The molecular weight excluding hydrogens is 373 g/mol. The van der Waals surface area contributed by atoms with Gasteiger partial charge in [-0.25, -0.2) is 9.37 Å². The van der Waals surface area contributed by atoms with Crippen LogP contribution in [0.4, 0.5) is 10.3 Å². The first-order valence-corrected chi connectivity index (χ1v) is 9.49. The first kappa shape index (κ1) is 19.3. The summed E-state index contributed by atoms with van der Waals surface area (Å²) < 4.78 is 14.4. The van der Waals surface area contributed by atoms with Crippen molar-refractivity contribution >= 4 is 5.95 Å². The minimum Gasteiger partial charge on any atom is -0.507 e. The molecular formula is C20H24FN7O. The number of aromatic amines is 1. The molecule has 3 heterocycles. The Morgan fingerprint density at radius 2 is 2.00 bits per heavy atom. The van der Waals surface area contributed by atoms with Gasteiger partial charge in [0.15, 0.2) is 0 Å². The van der Waals surface area contributed by atoms with Gasteiger partial charge in [-0.3, -0.25) is 5.10 Å². The molecule has 2 unspecified atom stereocenters. The minimum absolute atomic E-state index is 0.0759. The Labute approximate surface area is 168 Å². The van der Waals surface area contributed by atoms with Crippen LogP contribution in [0.2, 0.25) is 0 Å². The van der Waals surface area contributed by atoms with Gasteiger partial charge >= 0.3 is 0 Å². The largest absolute Gasteiger partial charge is 0.507 e. The molecule has 8 nitrogen and oxygen atoms in total. The molecule has 1 aliphatic rings. The Bertz CT molecular complexity index is 969. The number of anilines is 1. The van der Waals surface area contributed by atoms with E-state index in [1.54, 1.807) is 35.6 Å². The topological polar surface area (TPSA) is 103 Å². The number of phenolic OH excluding ortho intramolecular Hbond substituents is 1. The van der Waals surface area contributed by atoms with E-state index in [-0.39, 0.29) is 23.9 Å². The average molecular weight is 397 g/mol. The molecule has 152 valence electrons. The number of H-pyrrole nitrogens is 1. The summed E-state index contributed by atoms with van der Waals surface area (Å²) in [7, 11) is 0. The zero-order valence-electron chi connectivity index (χ0n) is 16.6. The maximum atomic E-state index is 14.4. The molecule has 0 spiro atoms. The molecule has 1 aromatic carbocycles. The van der Waals surface area contributed by atoms with E-state index < -0.39 is 6.17 Å². The Kier molecular flexibility index (Phi) is 4.91. The van der Waals surface area contributed by atoms with Gasteiger partial charge in [0, 0.05) is 29.4 Å². The van der Waals surface area contributed by atoms with Crippen molar-refractivity contribution < 1.29 is 9.50 Å². The summed E-state index contributed by atoms with van der Waals surface area (Å²) in [6.45, 7) is 6.74. The van der Waals surface area contributed by atoms with Crippen molar-refractivity contribution in [3.05, 3.63) is 36.8 Å². The summed E-state index contributed by atoms with van der Waals surface area (Å²) in [6.07, 6.45) is 3.98. The number of nitrogens with one attached hydrogen (secondary N) is 2. The summed E-state index contributed by atoms with van der Waals surface area (Å²) in [5, 5.41) is 28.7. The van der Waals surface area contributed by atoms with Gasteiger partial charge in [-0.1, -0.05) is 6.07 Å². The van der Waals surface area contributed by atoms with Gasteiger partial charge in [0.25, 0.3) is 0 Å². The number of hydrogen-bond donors (Lipinski definition) is 3. The highest BCUT2D eigenvalue weighted by molar-refractivity contribution is 5.73. The van der Waals surface area contributed by atoms with Crippen LogP contribution in [-0.2, 0) is 0 Å². The van der Waals surface area contributed by atoms with Crippen LogP contribution in [0.1, 0.15) is 20.8 Å². The predicted octanol–water partition coefficient (Wildman–Crippen LogP) is 2.55. The first-order chi connectivity index (χ1) is 13.8. The number of benzene rings is 1. The molecule has 0 aliphatic carbocycles. The van der Waals surface area contributed by atoms with Crippen LogP contribution in [0.15, 0.2) is 36.8 Å². The van der Waals surface area contributed by atoms with Crippen molar-refractivity contribution in [1.29, 1.82) is 0 Å². The summed E-state index contributed by atoms with van der Waals surface area (Å²) in [5.41, 5.74) is 2.51. The molecule has 1 aliphatic heterocycles. The second-order valence-corrected chi connectivity index (χ2v) is 8.28. The lowest BCUT2D eigenvalue weighted by atomic mass is 10.0. The molecule has 1 saturated heterocycles. The lowest BCUT2D eigenvalue weighted by Crippen LogP contribution is -2.48. The molecule has 1 fully saturated rings. The fourth-order valence-corrected chi connectivity index (χ4v) is 3.49. The Hall–Kier alpha value is -3.07. The van der Waals surface area contributed by atoms with Gasteiger partial charge in [0.05, 0.1) is 25.0 Å². The van der Waals surface area contributed by atoms with Crippen molar-refractivity contribution in [3.63, 3.8) is 0 Å². The van der Waals surface area contributed by atoms with Crippen molar-refractivity contribution in [3.8, 4) is 28.1 Å². The normalized spacial score (nSPS) is 19.7. The van der Waals surface area contributed by atoms with Crippen LogP contribution in [0, 0.1) is 0 Å². The number of rotatable bonds is 4. The monoisotopic (exact) mass is 397 g/mol. The maximum absolute atomic E-state index is 14.4. The van der Waals surface area contributed by atoms with E-state index >= 15 is 0 Å². The van der Waals surface area contributed by atoms with Gasteiger partial charge in [0.1, 0.15) is 17.6 Å². The van der Waals surface area contributed by atoms with Crippen molar-refractivity contribution in [2.75, 3.05) is 18.0 Å². The molecule has 0 amide bonds. The maximum Gasteiger partial charge on any atom is 0.245 e. The summed E-state index contributed by atoms with van der Waals surface area (Å²) in [5.74, 6) is 0.455. The molecule has 3 aromatic rings. The number of alkyl halides is 1. The number of nitrogens with zero attached hydrogens (tertiary/aromatic N) is 5. The second kappa shape index (κ2) is 7.40. The lowest BCUT2D eigenvalue weighted by molar-refractivity contribution is 0.257. The summed E-state index contributed by atoms with van der Waals surface area (Å²) >= 11 is 0. The van der Waals surface area contributed by atoms with E-state index in [1.165, 1.54) is 0 Å². The highest BCUT2D eigenvalue weighted by Gasteiger charge is 2.36. The smallest absolute Gasteiger partial charge is 0.245 e. The van der Waals surface area contributed by atoms with Crippen molar-refractivity contribution in [1.82, 2.24) is 30.7 Å². The van der Waals surface area contributed by atoms with Gasteiger partial charge in [-0.05, 0) is 38.5 Å². The Morgan fingerprint density at radius 1 is 1.17 bits per heavy atom. The molecule has 0 saturated carbocycles. The molecule has 3 N–H and O–H groups in total. The predicted molar refractivity (Wildman–Crippen MR) is 108 cm³/mol. The summed E-state index contributed by atoms with van der Waals surface area (Å²) in [4.78, 5) is 6.13. The zero-order chi connectivity index (χ0) is 20.6. The molecule has 4 rings (SSSR count). The molecule has 9 heteroatoms. The molecule has 0 radical (unpaired) electrons. The van der Waals surface area contributed by atoms with Crippen molar-refractivity contribution in [2.24, 2.45) is 0 Å². The van der Waals surface area contributed by atoms with E-state index in [9.17, 15) is 9.50 Å². The molecule has 29 heavy (non-hydrogen) atoms. The third kappa shape index (κ3) is 4.19. The quantitative estimate of drug-likeness (QED) is 0.622. The third-order valence-electron chi connectivity index (χ3n) is 4.80.